The molecule has 1 aliphatic carbocycles. The Hall–Kier alpha value is -0.585. The second kappa shape index (κ2) is 9.36. The van der Waals surface area contributed by atoms with Crippen LogP contribution >= 0.6 is 0 Å². The molecule has 2 atom stereocenters. The summed E-state index contributed by atoms with van der Waals surface area (Å²) in [5.41, 5.74) is 0. The molecule has 0 aromatic heterocycles. The van der Waals surface area contributed by atoms with Crippen LogP contribution in [0.1, 0.15) is 32.6 Å². The Morgan fingerprint density at radius 2 is 1.78 bits per heavy atom. The van der Waals surface area contributed by atoms with E-state index in [2.05, 4.69) is 4.90 Å². The molecular formula is C12H26BNO4. The number of rotatable bonds is 4. The molecule has 0 aromatic rings. The molecule has 1 saturated carbocycles. The Kier molecular flexibility index (Phi) is 9.05. The highest BCUT2D eigenvalue weighted by Gasteiger charge is 2.30. The number of carboxylic acids is 1. The average molecular weight is 259 g/mol. The predicted molar refractivity (Wildman–Crippen MR) is 72.3 cm³/mol. The maximum atomic E-state index is 10.9. The zero-order chi connectivity index (χ0) is 14.1. The number of carbonyl (C=O) groups is 1. The summed E-state index contributed by atoms with van der Waals surface area (Å²) in [6, 6.07) is 0. The van der Waals surface area contributed by atoms with Crippen LogP contribution in [0.25, 0.3) is 0 Å². The van der Waals surface area contributed by atoms with E-state index in [1.54, 1.807) is 6.92 Å². The van der Waals surface area contributed by atoms with Gasteiger partial charge in [-0.05, 0) is 39.2 Å². The van der Waals surface area contributed by atoms with E-state index in [-0.39, 0.29) is 5.92 Å². The number of hydrogen-bond acceptors (Lipinski definition) is 4. The van der Waals surface area contributed by atoms with Crippen molar-refractivity contribution in [3.8, 4) is 0 Å². The van der Waals surface area contributed by atoms with Gasteiger partial charge in [-0.3, -0.25) is 4.79 Å². The van der Waals surface area contributed by atoms with Gasteiger partial charge in [0.05, 0.1) is 5.92 Å². The second-order valence-corrected chi connectivity index (χ2v) is 5.14. The number of hydrogen-bond donors (Lipinski definition) is 3. The number of nitrogens with zero attached hydrogens (tertiary/aromatic N) is 1. The quantitative estimate of drug-likeness (QED) is 0.654. The molecule has 1 rings (SSSR count). The summed E-state index contributed by atoms with van der Waals surface area (Å²) in [5.74, 6) is -0.344. The van der Waals surface area contributed by atoms with Gasteiger partial charge in [-0.25, -0.2) is 0 Å². The van der Waals surface area contributed by atoms with E-state index in [9.17, 15) is 4.79 Å². The van der Waals surface area contributed by atoms with Gasteiger partial charge >= 0.3 is 13.1 Å². The fourth-order valence-corrected chi connectivity index (χ4v) is 2.22. The third-order valence-electron chi connectivity index (χ3n) is 3.19. The minimum absolute atomic E-state index is 0.101. The van der Waals surface area contributed by atoms with E-state index in [4.69, 9.17) is 15.2 Å². The molecule has 0 saturated heterocycles. The molecule has 6 heteroatoms. The highest BCUT2D eigenvalue weighted by Crippen LogP contribution is 2.30. The molecule has 3 N–H and O–H groups in total. The van der Waals surface area contributed by atoms with E-state index < -0.39 is 13.1 Å². The summed E-state index contributed by atoms with van der Waals surface area (Å²) in [7, 11) is 2.90. The Labute approximate surface area is 110 Å². The molecule has 0 heterocycles. The van der Waals surface area contributed by atoms with Crippen molar-refractivity contribution in [3.05, 3.63) is 0 Å². The molecule has 0 amide bonds. The average Bonchev–Trinajstić information content (AvgIpc) is 2.29. The van der Waals surface area contributed by atoms with Gasteiger partial charge in [-0.15, -0.1) is 0 Å². The molecule has 1 fully saturated rings. The highest BCUT2D eigenvalue weighted by molar-refractivity contribution is 6.40. The third kappa shape index (κ3) is 7.69. The molecule has 106 valence electrons. The summed E-state index contributed by atoms with van der Waals surface area (Å²) in [6.45, 7) is 2.61. The largest absolute Gasteiger partial charge is 0.481 e. The van der Waals surface area contributed by atoms with Gasteiger partial charge in [0, 0.05) is 6.54 Å². The van der Waals surface area contributed by atoms with E-state index in [0.29, 0.717) is 12.2 Å². The lowest BCUT2D eigenvalue weighted by molar-refractivity contribution is -0.145. The van der Waals surface area contributed by atoms with Crippen LogP contribution in [-0.2, 0) is 4.79 Å². The van der Waals surface area contributed by atoms with Gasteiger partial charge in [-0.1, -0.05) is 19.8 Å². The molecule has 1 aliphatic rings. The molecule has 0 aromatic carbocycles. The molecule has 5 nitrogen and oxygen atoms in total. The normalized spacial score (nSPS) is 23.2. The second-order valence-electron chi connectivity index (χ2n) is 5.14. The van der Waals surface area contributed by atoms with Gasteiger partial charge in [0.2, 0.25) is 0 Å². The van der Waals surface area contributed by atoms with Crippen molar-refractivity contribution in [1.82, 2.24) is 4.90 Å². The van der Waals surface area contributed by atoms with Crippen molar-refractivity contribution >= 4 is 13.1 Å². The van der Waals surface area contributed by atoms with Gasteiger partial charge in [0.25, 0.3) is 0 Å². The first-order valence-electron chi connectivity index (χ1n) is 6.62. The van der Waals surface area contributed by atoms with Crippen molar-refractivity contribution in [3.63, 3.8) is 0 Å². The maximum Gasteiger partial charge on any atom is 0.451 e. The molecule has 18 heavy (non-hydrogen) atoms. The minimum atomic E-state index is -1.12. The van der Waals surface area contributed by atoms with E-state index >= 15 is 0 Å². The van der Waals surface area contributed by atoms with Gasteiger partial charge in [0.1, 0.15) is 0 Å². The van der Waals surface area contributed by atoms with Gasteiger partial charge in [-0.2, -0.15) is 0 Å². The van der Waals surface area contributed by atoms with Crippen LogP contribution in [0.2, 0.25) is 6.32 Å². The zero-order valence-corrected chi connectivity index (χ0v) is 11.7. The Bertz CT molecular complexity index is 236. The standard InChI is InChI=1S/C10H19NO2.C2H7BO2/c1-11(2)7-8-5-3-4-6-9(8)10(12)13;1-2-3(4)5/h8-9H,3-7H2,1-2H3,(H,12,13);4-5H,2H2,1H3. The molecule has 0 radical (unpaired) electrons. The van der Waals surface area contributed by atoms with Crippen LogP contribution < -0.4 is 0 Å². The van der Waals surface area contributed by atoms with Crippen LogP contribution in [0.5, 0.6) is 0 Å². The van der Waals surface area contributed by atoms with Crippen molar-refractivity contribution in [2.75, 3.05) is 20.6 Å². The third-order valence-corrected chi connectivity index (χ3v) is 3.19. The van der Waals surface area contributed by atoms with E-state index in [1.807, 2.05) is 14.1 Å². The molecular weight excluding hydrogens is 233 g/mol. The highest BCUT2D eigenvalue weighted by atomic mass is 16.4. The number of carboxylic acid groups (broad SMARTS) is 1. The monoisotopic (exact) mass is 259 g/mol. The lowest BCUT2D eigenvalue weighted by atomic mass is 9.79. The van der Waals surface area contributed by atoms with Crippen LogP contribution in [0.4, 0.5) is 0 Å². The first kappa shape index (κ1) is 17.4. The first-order valence-corrected chi connectivity index (χ1v) is 6.62. The lowest BCUT2D eigenvalue weighted by Crippen LogP contribution is -2.34. The van der Waals surface area contributed by atoms with Gasteiger partial charge in [0.15, 0.2) is 0 Å². The number of aliphatic carboxylic acids is 1. The molecule has 0 bridgehead atoms. The zero-order valence-electron chi connectivity index (χ0n) is 11.7. The summed E-state index contributed by atoms with van der Waals surface area (Å²) in [5, 5.41) is 24.8. The SMILES string of the molecule is CCB(O)O.CN(C)CC1CCCCC1C(=O)O. The van der Waals surface area contributed by atoms with Crippen molar-refractivity contribution in [1.29, 1.82) is 0 Å². The fraction of sp³-hybridized carbons (Fsp3) is 0.917. The Morgan fingerprint density at radius 1 is 1.28 bits per heavy atom. The van der Waals surface area contributed by atoms with E-state index in [1.165, 1.54) is 6.42 Å². The Morgan fingerprint density at radius 3 is 2.17 bits per heavy atom. The van der Waals surface area contributed by atoms with E-state index in [0.717, 1.165) is 25.8 Å². The summed E-state index contributed by atoms with van der Waals surface area (Å²) < 4.78 is 0. The summed E-state index contributed by atoms with van der Waals surface area (Å²) in [6.07, 6.45) is 4.65. The smallest absolute Gasteiger partial charge is 0.451 e. The lowest BCUT2D eigenvalue weighted by Gasteiger charge is -2.30. The van der Waals surface area contributed by atoms with Crippen LogP contribution in [0.15, 0.2) is 0 Å². The van der Waals surface area contributed by atoms with Crippen LogP contribution in [-0.4, -0.2) is 53.8 Å². The minimum Gasteiger partial charge on any atom is -0.481 e. The predicted octanol–water partition coefficient (Wildman–Crippen LogP) is 0.918. The topological polar surface area (TPSA) is 81.0 Å². The van der Waals surface area contributed by atoms with Crippen molar-refractivity contribution in [2.24, 2.45) is 11.8 Å². The van der Waals surface area contributed by atoms with Crippen LogP contribution in [0.3, 0.4) is 0 Å². The van der Waals surface area contributed by atoms with Crippen molar-refractivity contribution in [2.45, 2.75) is 38.9 Å². The first-order chi connectivity index (χ1) is 8.38. The maximum absolute atomic E-state index is 10.9. The van der Waals surface area contributed by atoms with Gasteiger partial charge < -0.3 is 20.1 Å². The van der Waals surface area contributed by atoms with Crippen molar-refractivity contribution < 1.29 is 19.9 Å². The Balaban J connectivity index is 0.000000494. The van der Waals surface area contributed by atoms with Crippen LogP contribution in [0, 0.1) is 11.8 Å². The molecule has 2 unspecified atom stereocenters. The summed E-state index contributed by atoms with van der Waals surface area (Å²) in [4.78, 5) is 13.0. The molecule has 0 aliphatic heterocycles. The fourth-order valence-electron chi connectivity index (χ4n) is 2.22. The summed E-state index contributed by atoms with van der Waals surface area (Å²) >= 11 is 0. The molecule has 0 spiro atoms.